The molecule has 7 heteroatoms. The Morgan fingerprint density at radius 2 is 1.90 bits per heavy atom. The molecule has 0 fully saturated rings. The molecule has 3 nitrogen and oxygen atoms in total. The predicted molar refractivity (Wildman–Crippen MR) is 64.3 cm³/mol. The molecule has 2 aromatic heterocycles. The van der Waals surface area contributed by atoms with Crippen molar-refractivity contribution >= 4 is 0 Å². The lowest BCUT2D eigenvalue weighted by Gasteiger charge is -2.20. The van der Waals surface area contributed by atoms with Crippen LogP contribution in [0.25, 0.3) is 0 Å². The second-order valence-electron chi connectivity index (χ2n) is 4.08. The van der Waals surface area contributed by atoms with Gasteiger partial charge in [0.2, 0.25) is 0 Å². The van der Waals surface area contributed by atoms with E-state index >= 15 is 0 Å². The highest BCUT2D eigenvalue weighted by Gasteiger charge is 2.35. The Kier molecular flexibility index (Phi) is 3.99. The Hall–Kier alpha value is -2.02. The zero-order valence-corrected chi connectivity index (χ0v) is 10.4. The van der Waals surface area contributed by atoms with Crippen LogP contribution in [-0.4, -0.2) is 17.0 Å². The maximum absolute atomic E-state index is 13.0. The summed E-state index contributed by atoms with van der Waals surface area (Å²) >= 11 is 0. The number of hydrogen-bond donors (Lipinski definition) is 1. The molecule has 0 saturated carbocycles. The van der Waals surface area contributed by atoms with Gasteiger partial charge in [0.25, 0.3) is 0 Å². The van der Waals surface area contributed by atoms with Crippen LogP contribution in [0, 0.1) is 5.82 Å². The van der Waals surface area contributed by atoms with E-state index in [-0.39, 0.29) is 11.3 Å². The second-order valence-corrected chi connectivity index (χ2v) is 4.08. The molecular formula is C13H11F4N3. The molecule has 1 atom stereocenters. The van der Waals surface area contributed by atoms with Gasteiger partial charge in [-0.3, -0.25) is 9.97 Å². The highest BCUT2D eigenvalue weighted by Crippen LogP contribution is 2.35. The first-order valence-electron chi connectivity index (χ1n) is 5.73. The summed E-state index contributed by atoms with van der Waals surface area (Å²) in [5.41, 5.74) is -0.563. The van der Waals surface area contributed by atoms with E-state index in [1.807, 2.05) is 0 Å². The van der Waals surface area contributed by atoms with Crippen molar-refractivity contribution in [3.8, 4) is 0 Å². The van der Waals surface area contributed by atoms with Gasteiger partial charge in [-0.2, -0.15) is 13.2 Å². The topological polar surface area (TPSA) is 37.8 Å². The number of aromatic nitrogens is 2. The van der Waals surface area contributed by atoms with Gasteiger partial charge in [0.15, 0.2) is 0 Å². The SMILES string of the molecule is CNC(c1ccc(F)cn1)c1cnccc1C(F)(F)F. The van der Waals surface area contributed by atoms with Crippen molar-refractivity contribution in [2.24, 2.45) is 0 Å². The Labute approximate surface area is 112 Å². The lowest BCUT2D eigenvalue weighted by atomic mass is 9.99. The van der Waals surface area contributed by atoms with Gasteiger partial charge in [-0.25, -0.2) is 4.39 Å². The summed E-state index contributed by atoms with van der Waals surface area (Å²) in [5, 5.41) is 2.74. The molecule has 1 unspecified atom stereocenters. The summed E-state index contributed by atoms with van der Waals surface area (Å²) < 4.78 is 51.8. The molecule has 0 aliphatic rings. The summed E-state index contributed by atoms with van der Waals surface area (Å²) in [4.78, 5) is 7.55. The highest BCUT2D eigenvalue weighted by molar-refractivity contribution is 5.34. The van der Waals surface area contributed by atoms with Gasteiger partial charge in [-0.15, -0.1) is 0 Å². The summed E-state index contributed by atoms with van der Waals surface area (Å²) in [6, 6.07) is 2.57. The van der Waals surface area contributed by atoms with Gasteiger partial charge in [0.05, 0.1) is 23.5 Å². The molecule has 0 aliphatic carbocycles. The van der Waals surface area contributed by atoms with E-state index < -0.39 is 23.6 Å². The van der Waals surface area contributed by atoms with Crippen LogP contribution in [0.2, 0.25) is 0 Å². The molecule has 0 aromatic carbocycles. The van der Waals surface area contributed by atoms with Crippen LogP contribution >= 0.6 is 0 Å². The van der Waals surface area contributed by atoms with Gasteiger partial charge in [0, 0.05) is 18.0 Å². The molecule has 106 valence electrons. The van der Waals surface area contributed by atoms with E-state index in [2.05, 4.69) is 15.3 Å². The molecule has 0 aliphatic heterocycles. The first-order chi connectivity index (χ1) is 9.43. The average Bonchev–Trinajstić information content (AvgIpc) is 2.41. The largest absolute Gasteiger partial charge is 0.416 e. The van der Waals surface area contributed by atoms with Crippen molar-refractivity contribution in [3.05, 3.63) is 59.4 Å². The summed E-state index contributed by atoms with van der Waals surface area (Å²) in [7, 11) is 1.50. The molecule has 2 heterocycles. The van der Waals surface area contributed by atoms with Crippen LogP contribution < -0.4 is 5.32 Å². The maximum Gasteiger partial charge on any atom is 0.416 e. The van der Waals surface area contributed by atoms with Crippen LogP contribution in [0.5, 0.6) is 0 Å². The lowest BCUT2D eigenvalue weighted by molar-refractivity contribution is -0.138. The van der Waals surface area contributed by atoms with Crippen molar-refractivity contribution < 1.29 is 17.6 Å². The van der Waals surface area contributed by atoms with Crippen molar-refractivity contribution in [3.63, 3.8) is 0 Å². The third-order valence-corrected chi connectivity index (χ3v) is 2.80. The third kappa shape index (κ3) is 2.93. The van der Waals surface area contributed by atoms with Crippen molar-refractivity contribution in [2.45, 2.75) is 12.2 Å². The van der Waals surface area contributed by atoms with Crippen LogP contribution in [0.1, 0.15) is 22.9 Å². The molecule has 20 heavy (non-hydrogen) atoms. The van der Waals surface area contributed by atoms with E-state index in [0.717, 1.165) is 30.7 Å². The van der Waals surface area contributed by atoms with Crippen LogP contribution in [0.15, 0.2) is 36.8 Å². The number of halogens is 4. The Morgan fingerprint density at radius 3 is 2.45 bits per heavy atom. The Balaban J connectivity index is 2.50. The molecule has 0 amide bonds. The molecule has 2 aromatic rings. The van der Waals surface area contributed by atoms with Gasteiger partial charge in [-0.05, 0) is 25.2 Å². The van der Waals surface area contributed by atoms with E-state index in [1.54, 1.807) is 0 Å². The van der Waals surface area contributed by atoms with Gasteiger partial charge in [0.1, 0.15) is 5.82 Å². The van der Waals surface area contributed by atoms with Crippen molar-refractivity contribution in [1.82, 2.24) is 15.3 Å². The van der Waals surface area contributed by atoms with E-state index in [4.69, 9.17) is 0 Å². The molecule has 1 N–H and O–H groups in total. The predicted octanol–water partition coefficient (Wildman–Crippen LogP) is 2.94. The number of alkyl halides is 3. The smallest absolute Gasteiger partial charge is 0.308 e. The fourth-order valence-corrected chi connectivity index (χ4v) is 1.92. The number of pyridine rings is 2. The summed E-state index contributed by atoms with van der Waals surface area (Å²) in [6.07, 6.45) is -1.32. The van der Waals surface area contributed by atoms with Gasteiger partial charge in [-0.1, -0.05) is 0 Å². The fourth-order valence-electron chi connectivity index (χ4n) is 1.92. The second kappa shape index (κ2) is 5.54. The Bertz CT molecular complexity index is 581. The highest BCUT2D eigenvalue weighted by atomic mass is 19.4. The number of nitrogens with zero attached hydrogens (tertiary/aromatic N) is 2. The minimum Gasteiger partial charge on any atom is -0.308 e. The summed E-state index contributed by atoms with van der Waals surface area (Å²) in [5.74, 6) is -0.550. The van der Waals surface area contributed by atoms with E-state index in [9.17, 15) is 17.6 Å². The van der Waals surface area contributed by atoms with E-state index in [1.165, 1.54) is 13.1 Å². The quantitative estimate of drug-likeness (QED) is 0.881. The molecular weight excluding hydrogens is 274 g/mol. The molecule has 0 spiro atoms. The molecule has 0 bridgehead atoms. The first kappa shape index (κ1) is 14.4. The number of hydrogen-bond acceptors (Lipinski definition) is 3. The number of rotatable bonds is 3. The third-order valence-electron chi connectivity index (χ3n) is 2.80. The first-order valence-corrected chi connectivity index (χ1v) is 5.73. The Morgan fingerprint density at radius 1 is 1.15 bits per heavy atom. The zero-order chi connectivity index (χ0) is 14.8. The normalized spacial score (nSPS) is 13.2. The van der Waals surface area contributed by atoms with Crippen molar-refractivity contribution in [2.75, 3.05) is 7.05 Å². The summed E-state index contributed by atoms with van der Waals surface area (Å²) in [6.45, 7) is 0. The van der Waals surface area contributed by atoms with E-state index in [0.29, 0.717) is 0 Å². The minimum absolute atomic E-state index is 0.0541. The lowest BCUT2D eigenvalue weighted by Crippen LogP contribution is -2.23. The molecule has 2 rings (SSSR count). The molecule has 0 saturated heterocycles. The standard InChI is InChI=1S/C13H11F4N3/c1-18-12(11-3-2-8(14)6-20-11)9-7-19-5-4-10(9)13(15,16)17/h2-7,12,18H,1H3. The van der Waals surface area contributed by atoms with Crippen LogP contribution in [0.4, 0.5) is 17.6 Å². The fraction of sp³-hybridized carbons (Fsp3) is 0.231. The monoisotopic (exact) mass is 285 g/mol. The van der Waals surface area contributed by atoms with Gasteiger partial charge >= 0.3 is 6.18 Å². The maximum atomic E-state index is 13.0. The minimum atomic E-state index is -4.49. The van der Waals surface area contributed by atoms with Gasteiger partial charge < -0.3 is 5.32 Å². The van der Waals surface area contributed by atoms with Crippen molar-refractivity contribution in [1.29, 1.82) is 0 Å². The molecule has 0 radical (unpaired) electrons. The zero-order valence-electron chi connectivity index (χ0n) is 10.4. The van der Waals surface area contributed by atoms with Crippen LogP contribution in [0.3, 0.4) is 0 Å². The van der Waals surface area contributed by atoms with Crippen LogP contribution in [-0.2, 0) is 6.18 Å². The average molecular weight is 285 g/mol. The number of nitrogens with one attached hydrogen (secondary N) is 1.